The van der Waals surface area contributed by atoms with Crippen molar-refractivity contribution in [3.05, 3.63) is 35.6 Å². The molecule has 1 saturated heterocycles. The summed E-state index contributed by atoms with van der Waals surface area (Å²) in [5.74, 6) is -0.258. The lowest BCUT2D eigenvalue weighted by molar-refractivity contribution is 0.0284. The van der Waals surface area contributed by atoms with Gasteiger partial charge in [0, 0.05) is 18.6 Å². The van der Waals surface area contributed by atoms with Gasteiger partial charge in [-0.25, -0.2) is 9.18 Å². The van der Waals surface area contributed by atoms with Crippen LogP contribution in [-0.4, -0.2) is 35.2 Å². The number of carbonyl (C=O) groups excluding carboxylic acids is 1. The van der Waals surface area contributed by atoms with Crippen molar-refractivity contribution in [1.82, 2.24) is 4.90 Å². The van der Waals surface area contributed by atoms with Crippen molar-refractivity contribution in [3.63, 3.8) is 0 Å². The summed E-state index contributed by atoms with van der Waals surface area (Å²) in [6.07, 6.45) is 1.00. The first-order chi connectivity index (χ1) is 9.67. The Morgan fingerprint density at radius 2 is 2.00 bits per heavy atom. The Kier molecular flexibility index (Phi) is 4.23. The minimum absolute atomic E-state index is 0.258. The second kappa shape index (κ2) is 5.64. The zero-order valence-corrected chi connectivity index (χ0v) is 12.9. The highest BCUT2D eigenvalue weighted by Crippen LogP contribution is 2.25. The maximum atomic E-state index is 12.9. The summed E-state index contributed by atoms with van der Waals surface area (Å²) < 4.78 is 18.3. The first kappa shape index (κ1) is 15.8. The van der Waals surface area contributed by atoms with Crippen LogP contribution in [0.4, 0.5) is 9.18 Å². The highest BCUT2D eigenvalue weighted by Gasteiger charge is 2.38. The number of hydrogen-bond donors (Lipinski definition) is 1. The average molecular weight is 294 g/mol. The number of carbonyl (C=O) groups is 1. The molecule has 1 amide bonds. The topological polar surface area (TPSA) is 55.6 Å². The van der Waals surface area contributed by atoms with Gasteiger partial charge in [0.05, 0.1) is 0 Å². The maximum Gasteiger partial charge on any atom is 0.410 e. The van der Waals surface area contributed by atoms with Crippen LogP contribution in [0.3, 0.4) is 0 Å². The lowest BCUT2D eigenvalue weighted by atomic mass is 9.91. The summed E-state index contributed by atoms with van der Waals surface area (Å²) in [6, 6.07) is 6.33. The second-order valence-electron chi connectivity index (χ2n) is 6.82. The van der Waals surface area contributed by atoms with Crippen LogP contribution in [0.25, 0.3) is 0 Å². The van der Waals surface area contributed by atoms with Crippen LogP contribution < -0.4 is 5.73 Å². The lowest BCUT2D eigenvalue weighted by Gasteiger charge is -2.27. The molecule has 4 nitrogen and oxygen atoms in total. The van der Waals surface area contributed by atoms with Crippen LogP contribution in [0.1, 0.15) is 32.8 Å². The summed E-state index contributed by atoms with van der Waals surface area (Å²) in [5.41, 5.74) is 6.37. The predicted molar refractivity (Wildman–Crippen MR) is 79.4 cm³/mol. The largest absolute Gasteiger partial charge is 0.444 e. The van der Waals surface area contributed by atoms with Crippen molar-refractivity contribution < 1.29 is 13.9 Å². The molecule has 1 aromatic carbocycles. The number of amides is 1. The Hall–Kier alpha value is -1.62. The van der Waals surface area contributed by atoms with Crippen molar-refractivity contribution in [3.8, 4) is 0 Å². The summed E-state index contributed by atoms with van der Waals surface area (Å²) in [6.45, 7) is 6.57. The summed E-state index contributed by atoms with van der Waals surface area (Å²) in [4.78, 5) is 13.7. The highest BCUT2D eigenvalue weighted by atomic mass is 19.1. The molecule has 2 rings (SSSR count). The SMILES string of the molecule is CC(C)(C)OC(=O)N1CCC(N)(Cc2ccc(F)cc2)C1. The van der Waals surface area contributed by atoms with E-state index in [0.717, 1.165) is 5.56 Å². The second-order valence-corrected chi connectivity index (χ2v) is 6.82. The van der Waals surface area contributed by atoms with Crippen molar-refractivity contribution in [2.45, 2.75) is 44.8 Å². The fraction of sp³-hybridized carbons (Fsp3) is 0.562. The fourth-order valence-corrected chi connectivity index (χ4v) is 2.53. The van der Waals surface area contributed by atoms with E-state index < -0.39 is 11.1 Å². The zero-order chi connectivity index (χ0) is 15.7. The molecular weight excluding hydrogens is 271 g/mol. The molecule has 1 unspecified atom stereocenters. The lowest BCUT2D eigenvalue weighted by Crippen LogP contribution is -2.46. The van der Waals surface area contributed by atoms with E-state index in [2.05, 4.69) is 0 Å². The molecule has 1 atom stereocenters. The van der Waals surface area contributed by atoms with Gasteiger partial charge in [-0.05, 0) is 51.3 Å². The minimum Gasteiger partial charge on any atom is -0.444 e. The molecule has 0 bridgehead atoms. The summed E-state index contributed by atoms with van der Waals surface area (Å²) in [7, 11) is 0. The Labute approximate surface area is 125 Å². The molecule has 0 spiro atoms. The van der Waals surface area contributed by atoms with Crippen molar-refractivity contribution in [2.24, 2.45) is 5.73 Å². The molecule has 0 saturated carbocycles. The highest BCUT2D eigenvalue weighted by molar-refractivity contribution is 5.68. The van der Waals surface area contributed by atoms with E-state index in [4.69, 9.17) is 10.5 Å². The molecule has 1 fully saturated rings. The van der Waals surface area contributed by atoms with Crippen LogP contribution in [0.2, 0.25) is 0 Å². The van der Waals surface area contributed by atoms with Crippen molar-refractivity contribution in [1.29, 1.82) is 0 Å². The van der Waals surface area contributed by atoms with Crippen LogP contribution in [0.5, 0.6) is 0 Å². The Morgan fingerprint density at radius 3 is 2.57 bits per heavy atom. The van der Waals surface area contributed by atoms with Crippen LogP contribution in [-0.2, 0) is 11.2 Å². The number of likely N-dealkylation sites (tertiary alicyclic amines) is 1. The number of halogens is 1. The molecule has 116 valence electrons. The van der Waals surface area contributed by atoms with E-state index in [1.54, 1.807) is 17.0 Å². The molecule has 1 aromatic rings. The molecule has 1 heterocycles. The van der Waals surface area contributed by atoms with Gasteiger partial charge in [-0.2, -0.15) is 0 Å². The van der Waals surface area contributed by atoms with Crippen molar-refractivity contribution in [2.75, 3.05) is 13.1 Å². The quantitative estimate of drug-likeness (QED) is 0.912. The first-order valence-electron chi connectivity index (χ1n) is 7.18. The Bertz CT molecular complexity index is 510. The third-order valence-corrected chi connectivity index (χ3v) is 3.51. The Balaban J connectivity index is 1.96. The summed E-state index contributed by atoms with van der Waals surface area (Å²) in [5, 5.41) is 0. The van der Waals surface area contributed by atoms with Gasteiger partial charge in [-0.1, -0.05) is 12.1 Å². The molecule has 1 aliphatic rings. The maximum absolute atomic E-state index is 12.9. The average Bonchev–Trinajstić information content (AvgIpc) is 2.73. The van der Waals surface area contributed by atoms with E-state index in [1.165, 1.54) is 12.1 Å². The standard InChI is InChI=1S/C16H23FN2O2/c1-15(2,3)21-14(20)19-9-8-16(18,11-19)10-12-4-6-13(17)7-5-12/h4-7H,8-11,18H2,1-3H3. The minimum atomic E-state index is -0.506. The number of hydrogen-bond acceptors (Lipinski definition) is 3. The van der Waals surface area contributed by atoms with Crippen molar-refractivity contribution >= 4 is 6.09 Å². The monoisotopic (exact) mass is 294 g/mol. The van der Waals surface area contributed by atoms with Gasteiger partial charge < -0.3 is 15.4 Å². The number of nitrogens with two attached hydrogens (primary N) is 1. The van der Waals surface area contributed by atoms with Crippen LogP contribution >= 0.6 is 0 Å². The van der Waals surface area contributed by atoms with Gasteiger partial charge in [0.1, 0.15) is 11.4 Å². The van der Waals surface area contributed by atoms with E-state index in [9.17, 15) is 9.18 Å². The molecule has 5 heteroatoms. The molecular formula is C16H23FN2O2. The first-order valence-corrected chi connectivity index (χ1v) is 7.18. The third-order valence-electron chi connectivity index (χ3n) is 3.51. The molecule has 2 N–H and O–H groups in total. The molecule has 0 aromatic heterocycles. The number of benzene rings is 1. The van der Waals surface area contributed by atoms with E-state index in [1.807, 2.05) is 20.8 Å². The third kappa shape index (κ3) is 4.43. The van der Waals surface area contributed by atoms with E-state index in [-0.39, 0.29) is 11.9 Å². The van der Waals surface area contributed by atoms with Crippen LogP contribution in [0, 0.1) is 5.82 Å². The fourth-order valence-electron chi connectivity index (χ4n) is 2.53. The molecule has 0 radical (unpaired) electrons. The molecule has 0 aliphatic carbocycles. The number of ether oxygens (including phenoxy) is 1. The van der Waals surface area contributed by atoms with Gasteiger partial charge in [0.15, 0.2) is 0 Å². The molecule has 21 heavy (non-hydrogen) atoms. The number of nitrogens with zero attached hydrogens (tertiary/aromatic N) is 1. The van der Waals surface area contributed by atoms with E-state index >= 15 is 0 Å². The van der Waals surface area contributed by atoms with Gasteiger partial charge in [-0.3, -0.25) is 0 Å². The number of rotatable bonds is 2. The normalized spacial score (nSPS) is 22.4. The van der Waals surface area contributed by atoms with Gasteiger partial charge in [0.2, 0.25) is 0 Å². The predicted octanol–water partition coefficient (Wildman–Crippen LogP) is 2.71. The van der Waals surface area contributed by atoms with Gasteiger partial charge in [0.25, 0.3) is 0 Å². The van der Waals surface area contributed by atoms with Gasteiger partial charge >= 0.3 is 6.09 Å². The van der Waals surface area contributed by atoms with Gasteiger partial charge in [-0.15, -0.1) is 0 Å². The molecule has 1 aliphatic heterocycles. The smallest absolute Gasteiger partial charge is 0.410 e. The van der Waals surface area contributed by atoms with Crippen LogP contribution in [0.15, 0.2) is 24.3 Å². The van der Waals surface area contributed by atoms with E-state index in [0.29, 0.717) is 25.9 Å². The zero-order valence-electron chi connectivity index (χ0n) is 12.9. The Morgan fingerprint density at radius 1 is 1.38 bits per heavy atom. The summed E-state index contributed by atoms with van der Waals surface area (Å²) >= 11 is 0.